The first-order valence-corrected chi connectivity index (χ1v) is 10.6. The second kappa shape index (κ2) is 14.2. The smallest absolute Gasteiger partial charge is 0.191 e. The summed E-state index contributed by atoms with van der Waals surface area (Å²) < 4.78 is 11.2. The second-order valence-corrected chi connectivity index (χ2v) is 7.78. The van der Waals surface area contributed by atoms with Gasteiger partial charge in [-0.3, -0.25) is 4.90 Å². The SMILES string of the molecule is CCCOCc1ccccc1CN=C(NCC)NCC(C)(C)N1CCOCC1.I. The average molecular weight is 518 g/mol. The van der Waals surface area contributed by atoms with E-state index in [1.807, 2.05) is 0 Å². The highest BCUT2D eigenvalue weighted by Crippen LogP contribution is 2.15. The number of ether oxygens (including phenoxy) is 2. The predicted molar refractivity (Wildman–Crippen MR) is 131 cm³/mol. The van der Waals surface area contributed by atoms with E-state index in [4.69, 9.17) is 14.5 Å². The Kier molecular flexibility index (Phi) is 12.8. The maximum absolute atomic E-state index is 5.73. The zero-order chi connectivity index (χ0) is 20.2. The molecule has 1 aliphatic rings. The van der Waals surface area contributed by atoms with E-state index in [-0.39, 0.29) is 29.5 Å². The van der Waals surface area contributed by atoms with Gasteiger partial charge in [0.15, 0.2) is 5.96 Å². The molecular formula is C22H39IN4O2. The van der Waals surface area contributed by atoms with E-state index in [1.165, 1.54) is 11.1 Å². The Labute approximate surface area is 193 Å². The van der Waals surface area contributed by atoms with Crippen LogP contribution in [0.5, 0.6) is 0 Å². The summed E-state index contributed by atoms with van der Waals surface area (Å²) in [6.07, 6.45) is 1.04. The minimum atomic E-state index is 0. The number of benzene rings is 1. The van der Waals surface area contributed by atoms with E-state index in [0.717, 1.165) is 58.4 Å². The number of aliphatic imine (C=N–C) groups is 1. The molecule has 1 aliphatic heterocycles. The average Bonchev–Trinajstić information content (AvgIpc) is 2.72. The van der Waals surface area contributed by atoms with E-state index in [1.54, 1.807) is 0 Å². The van der Waals surface area contributed by atoms with E-state index in [0.29, 0.717) is 13.2 Å². The standard InChI is InChI=1S/C22H38N4O2.HI/c1-5-13-28-17-20-10-8-7-9-19(20)16-24-21(23-6-2)25-18-22(3,4)26-11-14-27-15-12-26;/h7-10H,5-6,11-18H2,1-4H3,(H2,23,24,25);1H. The molecule has 1 aromatic rings. The topological polar surface area (TPSA) is 58.1 Å². The van der Waals surface area contributed by atoms with Gasteiger partial charge in [0.2, 0.25) is 0 Å². The van der Waals surface area contributed by atoms with Crippen molar-refractivity contribution in [2.24, 2.45) is 4.99 Å². The maximum Gasteiger partial charge on any atom is 0.191 e. The third-order valence-electron chi connectivity index (χ3n) is 5.03. The van der Waals surface area contributed by atoms with Crippen LogP contribution in [0.4, 0.5) is 0 Å². The molecule has 1 heterocycles. The molecule has 0 bridgehead atoms. The molecular weight excluding hydrogens is 479 g/mol. The van der Waals surface area contributed by atoms with Crippen LogP contribution in [0.2, 0.25) is 0 Å². The first-order chi connectivity index (χ1) is 13.6. The number of nitrogens with zero attached hydrogens (tertiary/aromatic N) is 2. The van der Waals surface area contributed by atoms with Crippen LogP contribution in [0.3, 0.4) is 0 Å². The van der Waals surface area contributed by atoms with Gasteiger partial charge in [-0.1, -0.05) is 31.2 Å². The van der Waals surface area contributed by atoms with Crippen molar-refractivity contribution in [2.75, 3.05) is 46.0 Å². The van der Waals surface area contributed by atoms with Gasteiger partial charge < -0.3 is 20.1 Å². The molecule has 7 heteroatoms. The van der Waals surface area contributed by atoms with E-state index >= 15 is 0 Å². The first kappa shape index (κ1) is 26.1. The van der Waals surface area contributed by atoms with E-state index in [9.17, 15) is 0 Å². The summed E-state index contributed by atoms with van der Waals surface area (Å²) in [7, 11) is 0. The molecule has 2 rings (SSSR count). The summed E-state index contributed by atoms with van der Waals surface area (Å²) in [5, 5.41) is 6.89. The van der Waals surface area contributed by atoms with Gasteiger partial charge in [0.05, 0.1) is 26.4 Å². The third kappa shape index (κ3) is 9.19. The Morgan fingerprint density at radius 3 is 2.48 bits per heavy atom. The Morgan fingerprint density at radius 1 is 1.14 bits per heavy atom. The molecule has 0 aliphatic carbocycles. The Hall–Kier alpha value is -0.900. The highest BCUT2D eigenvalue weighted by Gasteiger charge is 2.28. The summed E-state index contributed by atoms with van der Waals surface area (Å²) in [4.78, 5) is 7.30. The van der Waals surface area contributed by atoms with Crippen molar-refractivity contribution in [1.29, 1.82) is 0 Å². The van der Waals surface area contributed by atoms with Crippen LogP contribution in [-0.4, -0.2) is 62.4 Å². The molecule has 0 amide bonds. The number of halogens is 1. The fourth-order valence-electron chi connectivity index (χ4n) is 3.27. The molecule has 1 aromatic carbocycles. The number of hydrogen-bond acceptors (Lipinski definition) is 4. The van der Waals surface area contributed by atoms with E-state index in [2.05, 4.69) is 67.5 Å². The quantitative estimate of drug-likeness (QED) is 0.215. The summed E-state index contributed by atoms with van der Waals surface area (Å²) in [6, 6.07) is 8.39. The molecule has 0 unspecified atom stereocenters. The van der Waals surface area contributed by atoms with Gasteiger partial charge in [-0.2, -0.15) is 0 Å². The van der Waals surface area contributed by atoms with Crippen LogP contribution >= 0.6 is 24.0 Å². The highest BCUT2D eigenvalue weighted by molar-refractivity contribution is 14.0. The fraction of sp³-hybridized carbons (Fsp3) is 0.682. The van der Waals surface area contributed by atoms with Crippen LogP contribution in [0, 0.1) is 0 Å². The Balaban J connectivity index is 0.00000420. The first-order valence-electron chi connectivity index (χ1n) is 10.6. The van der Waals surface area contributed by atoms with Gasteiger partial charge in [0.1, 0.15) is 0 Å². The number of hydrogen-bond donors (Lipinski definition) is 2. The summed E-state index contributed by atoms with van der Waals surface area (Å²) >= 11 is 0. The summed E-state index contributed by atoms with van der Waals surface area (Å²) in [6.45, 7) is 16.1. The lowest BCUT2D eigenvalue weighted by Gasteiger charge is -2.41. The molecule has 0 radical (unpaired) electrons. The lowest BCUT2D eigenvalue weighted by Crippen LogP contribution is -2.56. The van der Waals surface area contributed by atoms with Crippen LogP contribution in [-0.2, 0) is 22.6 Å². The molecule has 1 fully saturated rings. The minimum Gasteiger partial charge on any atom is -0.379 e. The van der Waals surface area contributed by atoms with Crippen LogP contribution < -0.4 is 10.6 Å². The van der Waals surface area contributed by atoms with Gasteiger partial charge >= 0.3 is 0 Å². The number of guanidine groups is 1. The number of rotatable bonds is 10. The van der Waals surface area contributed by atoms with E-state index < -0.39 is 0 Å². The molecule has 29 heavy (non-hydrogen) atoms. The minimum absolute atomic E-state index is 0. The molecule has 1 saturated heterocycles. The van der Waals surface area contributed by atoms with Crippen molar-refractivity contribution in [3.8, 4) is 0 Å². The highest BCUT2D eigenvalue weighted by atomic mass is 127. The van der Waals surface area contributed by atoms with Gasteiger partial charge in [-0.15, -0.1) is 24.0 Å². The zero-order valence-corrected chi connectivity index (χ0v) is 20.8. The van der Waals surface area contributed by atoms with Crippen molar-refractivity contribution in [3.63, 3.8) is 0 Å². The van der Waals surface area contributed by atoms with Gasteiger partial charge in [0, 0.05) is 38.3 Å². The third-order valence-corrected chi connectivity index (χ3v) is 5.03. The molecule has 0 aromatic heterocycles. The molecule has 2 N–H and O–H groups in total. The maximum atomic E-state index is 5.73. The van der Waals surface area contributed by atoms with Crippen molar-refractivity contribution in [2.45, 2.75) is 52.8 Å². The van der Waals surface area contributed by atoms with Crippen LogP contribution in [0.15, 0.2) is 29.3 Å². The molecule has 166 valence electrons. The van der Waals surface area contributed by atoms with Crippen molar-refractivity contribution < 1.29 is 9.47 Å². The van der Waals surface area contributed by atoms with Crippen molar-refractivity contribution >= 4 is 29.9 Å². The monoisotopic (exact) mass is 518 g/mol. The predicted octanol–water partition coefficient (Wildman–Crippen LogP) is 3.40. The molecule has 6 nitrogen and oxygen atoms in total. The second-order valence-electron chi connectivity index (χ2n) is 7.78. The van der Waals surface area contributed by atoms with Gasteiger partial charge in [-0.05, 0) is 38.3 Å². The van der Waals surface area contributed by atoms with Gasteiger partial charge in [-0.25, -0.2) is 4.99 Å². The number of nitrogens with one attached hydrogen (secondary N) is 2. The van der Waals surface area contributed by atoms with Crippen LogP contribution in [0.1, 0.15) is 45.2 Å². The Morgan fingerprint density at radius 2 is 1.83 bits per heavy atom. The fourth-order valence-corrected chi connectivity index (χ4v) is 3.27. The number of morpholine rings is 1. The molecule has 0 spiro atoms. The van der Waals surface area contributed by atoms with Crippen LogP contribution in [0.25, 0.3) is 0 Å². The summed E-state index contributed by atoms with van der Waals surface area (Å²) in [5.41, 5.74) is 2.47. The normalized spacial score (nSPS) is 15.7. The Bertz CT molecular complexity index is 604. The lowest BCUT2D eigenvalue weighted by molar-refractivity contribution is -0.00834. The van der Waals surface area contributed by atoms with Crippen molar-refractivity contribution in [3.05, 3.63) is 35.4 Å². The lowest BCUT2D eigenvalue weighted by atomic mass is 10.0. The largest absolute Gasteiger partial charge is 0.379 e. The molecule has 0 saturated carbocycles. The van der Waals surface area contributed by atoms with Gasteiger partial charge in [0.25, 0.3) is 0 Å². The zero-order valence-electron chi connectivity index (χ0n) is 18.5. The summed E-state index contributed by atoms with van der Waals surface area (Å²) in [5.74, 6) is 0.855. The molecule has 0 atom stereocenters. The van der Waals surface area contributed by atoms with Crippen molar-refractivity contribution in [1.82, 2.24) is 15.5 Å².